The Morgan fingerprint density at radius 3 is 2.48 bits per heavy atom. The molecule has 3 rings (SSSR count). The molecule has 0 fully saturated rings. The molecular formula is C20H16F3N3O. The number of rotatable bonds is 5. The second kappa shape index (κ2) is 7.90. The molecule has 0 aliphatic heterocycles. The fourth-order valence-electron chi connectivity index (χ4n) is 2.61. The summed E-state index contributed by atoms with van der Waals surface area (Å²) in [6, 6.07) is 14.2. The maximum absolute atomic E-state index is 13.8. The van der Waals surface area contributed by atoms with Crippen LogP contribution in [0.2, 0.25) is 0 Å². The predicted octanol–water partition coefficient (Wildman–Crippen LogP) is 4.91. The van der Waals surface area contributed by atoms with Crippen LogP contribution in [0.25, 0.3) is 0 Å². The van der Waals surface area contributed by atoms with Gasteiger partial charge in [-0.2, -0.15) is 0 Å². The number of carbonyl (C=O) groups excluding carboxylic acids is 1. The lowest BCUT2D eigenvalue weighted by Crippen LogP contribution is -2.19. The largest absolute Gasteiger partial charge is 0.327 e. The maximum Gasteiger partial charge on any atom is 0.255 e. The van der Waals surface area contributed by atoms with Crippen LogP contribution in [0.4, 0.5) is 30.4 Å². The highest BCUT2D eigenvalue weighted by Crippen LogP contribution is 2.24. The second-order valence-corrected chi connectivity index (χ2v) is 5.66. The van der Waals surface area contributed by atoms with Crippen molar-refractivity contribution in [2.24, 2.45) is 0 Å². The number of halogens is 3. The van der Waals surface area contributed by atoms with Crippen molar-refractivity contribution in [3.05, 3.63) is 83.8 Å². The number of nitrogens with one attached hydrogen (secondary N) is 1. The van der Waals surface area contributed by atoms with Gasteiger partial charge >= 0.3 is 0 Å². The minimum Gasteiger partial charge on any atom is -0.327 e. The fraction of sp³-hybridized carbons (Fsp3) is 0.100. The average molecular weight is 371 g/mol. The molecule has 0 unspecified atom stereocenters. The third kappa shape index (κ3) is 3.92. The first-order valence-electron chi connectivity index (χ1n) is 8.24. The number of benzene rings is 2. The summed E-state index contributed by atoms with van der Waals surface area (Å²) in [5, 5.41) is 2.25. The lowest BCUT2D eigenvalue weighted by atomic mass is 10.2. The number of anilines is 3. The number of hydrogen-bond acceptors (Lipinski definition) is 3. The molecule has 27 heavy (non-hydrogen) atoms. The van der Waals surface area contributed by atoms with E-state index >= 15 is 0 Å². The highest BCUT2D eigenvalue weighted by molar-refractivity contribution is 6.04. The van der Waals surface area contributed by atoms with Gasteiger partial charge in [0.2, 0.25) is 0 Å². The van der Waals surface area contributed by atoms with E-state index in [-0.39, 0.29) is 5.56 Å². The number of nitrogens with zero attached hydrogens (tertiary/aromatic N) is 2. The lowest BCUT2D eigenvalue weighted by molar-refractivity contribution is 0.102. The zero-order valence-electron chi connectivity index (χ0n) is 14.4. The van der Waals surface area contributed by atoms with E-state index in [4.69, 9.17) is 0 Å². The van der Waals surface area contributed by atoms with Crippen molar-refractivity contribution in [1.29, 1.82) is 0 Å². The summed E-state index contributed by atoms with van der Waals surface area (Å²) in [6.07, 6.45) is 1.46. The smallest absolute Gasteiger partial charge is 0.255 e. The molecule has 0 bridgehead atoms. The van der Waals surface area contributed by atoms with Crippen molar-refractivity contribution in [3.63, 3.8) is 0 Å². The van der Waals surface area contributed by atoms with Gasteiger partial charge in [0.05, 0.1) is 5.69 Å². The highest BCUT2D eigenvalue weighted by Gasteiger charge is 2.17. The van der Waals surface area contributed by atoms with Crippen LogP contribution >= 0.6 is 0 Å². The van der Waals surface area contributed by atoms with Gasteiger partial charge in [-0.05, 0) is 43.3 Å². The molecule has 4 nitrogen and oxygen atoms in total. The van der Waals surface area contributed by atoms with Gasteiger partial charge in [-0.3, -0.25) is 4.79 Å². The molecule has 0 radical (unpaired) electrons. The molecule has 0 saturated carbocycles. The SMILES string of the molecule is CCN(c1ccccc1)c1cc(C(=O)Nc2ccc(F)c(F)c2F)ccn1. The van der Waals surface area contributed by atoms with Gasteiger partial charge in [0.25, 0.3) is 5.91 Å². The van der Waals surface area contributed by atoms with Crippen LogP contribution in [0, 0.1) is 17.5 Å². The Morgan fingerprint density at radius 1 is 1.04 bits per heavy atom. The molecule has 7 heteroatoms. The Kier molecular flexibility index (Phi) is 5.40. The van der Waals surface area contributed by atoms with Crippen LogP contribution in [0.15, 0.2) is 60.8 Å². The van der Waals surface area contributed by atoms with E-state index < -0.39 is 29.0 Å². The summed E-state index contributed by atoms with van der Waals surface area (Å²) in [6.45, 7) is 2.55. The minimum absolute atomic E-state index is 0.207. The van der Waals surface area contributed by atoms with Gasteiger partial charge in [-0.15, -0.1) is 0 Å². The first kappa shape index (κ1) is 18.4. The molecule has 0 saturated heterocycles. The second-order valence-electron chi connectivity index (χ2n) is 5.66. The minimum atomic E-state index is -1.63. The predicted molar refractivity (Wildman–Crippen MR) is 97.6 cm³/mol. The van der Waals surface area contributed by atoms with Gasteiger partial charge in [0.15, 0.2) is 17.5 Å². The Hall–Kier alpha value is -3.35. The van der Waals surface area contributed by atoms with Crippen LogP contribution in [0.1, 0.15) is 17.3 Å². The Bertz CT molecular complexity index is 964. The third-order valence-corrected chi connectivity index (χ3v) is 3.95. The third-order valence-electron chi connectivity index (χ3n) is 3.95. The number of hydrogen-bond donors (Lipinski definition) is 1. The fourth-order valence-corrected chi connectivity index (χ4v) is 2.61. The molecule has 0 aliphatic carbocycles. The van der Waals surface area contributed by atoms with E-state index in [1.807, 2.05) is 42.2 Å². The van der Waals surface area contributed by atoms with Crippen molar-refractivity contribution in [2.45, 2.75) is 6.92 Å². The first-order chi connectivity index (χ1) is 13.0. The molecule has 3 aromatic rings. The zero-order valence-corrected chi connectivity index (χ0v) is 14.4. The van der Waals surface area contributed by atoms with E-state index in [0.29, 0.717) is 12.4 Å². The molecule has 0 spiro atoms. The number of carbonyl (C=O) groups is 1. The summed E-state index contributed by atoms with van der Waals surface area (Å²) in [5.41, 5.74) is 0.669. The number of para-hydroxylation sites is 1. The van der Waals surface area contributed by atoms with Crippen LogP contribution in [-0.4, -0.2) is 17.4 Å². The number of pyridine rings is 1. The summed E-state index contributed by atoms with van der Waals surface area (Å²) in [5.74, 6) is -4.53. The van der Waals surface area contributed by atoms with Crippen molar-refractivity contribution in [2.75, 3.05) is 16.8 Å². The van der Waals surface area contributed by atoms with Crippen LogP contribution in [0.3, 0.4) is 0 Å². The molecule has 1 amide bonds. The van der Waals surface area contributed by atoms with Gasteiger partial charge in [-0.1, -0.05) is 18.2 Å². The Morgan fingerprint density at radius 2 is 1.78 bits per heavy atom. The topological polar surface area (TPSA) is 45.2 Å². The molecule has 0 aliphatic rings. The van der Waals surface area contributed by atoms with E-state index in [9.17, 15) is 18.0 Å². The molecule has 1 heterocycles. The van der Waals surface area contributed by atoms with Gasteiger partial charge in [-0.25, -0.2) is 18.2 Å². The van der Waals surface area contributed by atoms with E-state index in [1.165, 1.54) is 12.3 Å². The van der Waals surface area contributed by atoms with Crippen LogP contribution in [0.5, 0.6) is 0 Å². The number of aromatic nitrogens is 1. The zero-order chi connectivity index (χ0) is 19.4. The van der Waals surface area contributed by atoms with Crippen LogP contribution < -0.4 is 10.2 Å². The van der Waals surface area contributed by atoms with Crippen molar-refractivity contribution < 1.29 is 18.0 Å². The first-order valence-corrected chi connectivity index (χ1v) is 8.24. The quantitative estimate of drug-likeness (QED) is 0.648. The maximum atomic E-state index is 13.8. The highest BCUT2D eigenvalue weighted by atomic mass is 19.2. The Balaban J connectivity index is 1.87. The van der Waals surface area contributed by atoms with Crippen LogP contribution in [-0.2, 0) is 0 Å². The summed E-state index contributed by atoms with van der Waals surface area (Å²) in [7, 11) is 0. The molecule has 2 aromatic carbocycles. The van der Waals surface area contributed by atoms with Gasteiger partial charge in [0.1, 0.15) is 5.82 Å². The summed E-state index contributed by atoms with van der Waals surface area (Å²) >= 11 is 0. The van der Waals surface area contributed by atoms with E-state index in [1.54, 1.807) is 6.07 Å². The van der Waals surface area contributed by atoms with Gasteiger partial charge in [0, 0.05) is 24.0 Å². The normalized spacial score (nSPS) is 10.5. The molecular weight excluding hydrogens is 355 g/mol. The average Bonchev–Trinajstić information content (AvgIpc) is 2.70. The molecule has 1 aromatic heterocycles. The van der Waals surface area contributed by atoms with E-state index in [2.05, 4.69) is 10.3 Å². The lowest BCUT2D eigenvalue weighted by Gasteiger charge is -2.22. The summed E-state index contributed by atoms with van der Waals surface area (Å²) in [4.78, 5) is 18.6. The van der Waals surface area contributed by atoms with Crippen molar-refractivity contribution in [3.8, 4) is 0 Å². The standard InChI is InChI=1S/C20H16F3N3O/c1-2-26(14-6-4-3-5-7-14)17-12-13(10-11-24-17)20(27)25-16-9-8-15(21)18(22)19(16)23/h3-12H,2H2,1H3,(H,25,27). The molecule has 0 atom stereocenters. The number of amides is 1. The Labute approximate surface area is 154 Å². The van der Waals surface area contributed by atoms with Crippen molar-refractivity contribution in [1.82, 2.24) is 4.98 Å². The molecule has 138 valence electrons. The monoisotopic (exact) mass is 371 g/mol. The van der Waals surface area contributed by atoms with Crippen molar-refractivity contribution >= 4 is 23.1 Å². The summed E-state index contributed by atoms with van der Waals surface area (Å²) < 4.78 is 40.1. The molecule has 1 N–H and O–H groups in total. The van der Waals surface area contributed by atoms with Gasteiger partial charge < -0.3 is 10.2 Å². The van der Waals surface area contributed by atoms with E-state index in [0.717, 1.165) is 17.8 Å².